The monoisotopic (exact) mass is 307 g/mol. The van der Waals surface area contributed by atoms with Crippen LogP contribution in [0.25, 0.3) is 5.78 Å². The molecule has 3 rings (SSSR count). The second kappa shape index (κ2) is 5.10. The van der Waals surface area contributed by atoms with Crippen LogP contribution in [0, 0.1) is 0 Å². The molecule has 1 amide bonds. The Morgan fingerprint density at radius 2 is 2.05 bits per heavy atom. The first-order valence-corrected chi connectivity index (χ1v) is 6.09. The maximum atomic E-state index is 12.6. The van der Waals surface area contributed by atoms with E-state index in [2.05, 4.69) is 20.4 Å². The summed E-state index contributed by atoms with van der Waals surface area (Å²) < 4.78 is 39.1. The summed E-state index contributed by atoms with van der Waals surface area (Å²) >= 11 is 0. The molecular weight excluding hydrogens is 299 g/mol. The molecule has 1 aromatic carbocycles. The van der Waals surface area contributed by atoms with Crippen LogP contribution in [0.3, 0.4) is 0 Å². The lowest BCUT2D eigenvalue weighted by atomic mass is 10.2. The van der Waals surface area contributed by atoms with Crippen molar-refractivity contribution in [3.05, 3.63) is 54.1 Å². The number of aromatic nitrogens is 4. The topological polar surface area (TPSA) is 72.2 Å². The van der Waals surface area contributed by atoms with E-state index in [1.54, 1.807) is 12.3 Å². The molecule has 0 saturated carbocycles. The molecule has 0 aliphatic carbocycles. The van der Waals surface area contributed by atoms with E-state index < -0.39 is 17.6 Å². The number of halogens is 3. The maximum absolute atomic E-state index is 12.6. The second-order valence-corrected chi connectivity index (χ2v) is 4.33. The fourth-order valence-corrected chi connectivity index (χ4v) is 1.79. The van der Waals surface area contributed by atoms with Gasteiger partial charge in [0.1, 0.15) is 0 Å². The van der Waals surface area contributed by atoms with Crippen LogP contribution in [0.15, 0.2) is 42.7 Å². The van der Waals surface area contributed by atoms with Crippen LogP contribution >= 0.6 is 0 Å². The van der Waals surface area contributed by atoms with E-state index in [1.807, 2.05) is 0 Å². The van der Waals surface area contributed by atoms with E-state index in [-0.39, 0.29) is 17.3 Å². The largest absolute Gasteiger partial charge is 0.416 e. The number of nitrogens with one attached hydrogen (secondary N) is 1. The predicted molar refractivity (Wildman–Crippen MR) is 70.2 cm³/mol. The maximum Gasteiger partial charge on any atom is 0.416 e. The third-order valence-electron chi connectivity index (χ3n) is 2.77. The Morgan fingerprint density at radius 1 is 1.23 bits per heavy atom. The summed E-state index contributed by atoms with van der Waals surface area (Å²) in [7, 11) is 0. The summed E-state index contributed by atoms with van der Waals surface area (Å²) in [5.41, 5.74) is -0.846. The Morgan fingerprint density at radius 3 is 2.77 bits per heavy atom. The lowest BCUT2D eigenvalue weighted by Gasteiger charge is -2.08. The number of fused-ring (bicyclic) bond motifs is 1. The quantitative estimate of drug-likeness (QED) is 0.789. The number of benzene rings is 1. The van der Waals surface area contributed by atoms with Crippen LogP contribution in [-0.4, -0.2) is 25.5 Å². The third kappa shape index (κ3) is 2.73. The number of carbonyl (C=O) groups is 1. The molecule has 0 fully saturated rings. The average molecular weight is 307 g/mol. The Balaban J connectivity index is 1.85. The van der Waals surface area contributed by atoms with Gasteiger partial charge < -0.3 is 5.32 Å². The summed E-state index contributed by atoms with van der Waals surface area (Å²) in [6, 6.07) is 5.92. The number of amides is 1. The number of anilines is 1. The number of rotatable bonds is 2. The molecule has 1 N–H and O–H groups in total. The molecule has 112 valence electrons. The Labute approximate surface area is 121 Å². The van der Waals surface area contributed by atoms with Crippen molar-refractivity contribution in [2.24, 2.45) is 0 Å². The molecule has 0 unspecified atom stereocenters. The predicted octanol–water partition coefficient (Wildman–Crippen LogP) is 2.40. The van der Waals surface area contributed by atoms with Crippen molar-refractivity contribution in [3.8, 4) is 0 Å². The highest BCUT2D eigenvalue weighted by Gasteiger charge is 2.30. The Kier molecular flexibility index (Phi) is 3.24. The van der Waals surface area contributed by atoms with Gasteiger partial charge in [-0.05, 0) is 24.3 Å². The SMILES string of the molecule is O=C(Nc1cccc(C(F)(F)F)c1)c1nc2ncccn2n1. The number of alkyl halides is 3. The first-order valence-electron chi connectivity index (χ1n) is 6.09. The molecule has 0 aliphatic heterocycles. The van der Waals surface area contributed by atoms with Crippen molar-refractivity contribution in [1.82, 2.24) is 19.6 Å². The van der Waals surface area contributed by atoms with E-state index in [1.165, 1.54) is 22.8 Å². The molecule has 0 bridgehead atoms. The van der Waals surface area contributed by atoms with Crippen molar-refractivity contribution in [2.45, 2.75) is 6.18 Å². The van der Waals surface area contributed by atoms with E-state index in [4.69, 9.17) is 0 Å². The zero-order chi connectivity index (χ0) is 15.7. The first-order chi connectivity index (χ1) is 10.4. The van der Waals surface area contributed by atoms with Crippen LogP contribution in [0.1, 0.15) is 16.2 Å². The fourth-order valence-electron chi connectivity index (χ4n) is 1.79. The molecule has 0 radical (unpaired) electrons. The Bertz CT molecular complexity index is 810. The lowest BCUT2D eigenvalue weighted by Crippen LogP contribution is -2.15. The van der Waals surface area contributed by atoms with Crippen molar-refractivity contribution in [1.29, 1.82) is 0 Å². The van der Waals surface area contributed by atoms with E-state index in [0.29, 0.717) is 0 Å². The normalized spacial score (nSPS) is 11.6. The van der Waals surface area contributed by atoms with E-state index in [0.717, 1.165) is 12.1 Å². The van der Waals surface area contributed by atoms with Crippen molar-refractivity contribution in [2.75, 3.05) is 5.32 Å². The van der Waals surface area contributed by atoms with Crippen molar-refractivity contribution in [3.63, 3.8) is 0 Å². The van der Waals surface area contributed by atoms with Crippen LogP contribution in [0.4, 0.5) is 18.9 Å². The van der Waals surface area contributed by atoms with Crippen LogP contribution < -0.4 is 5.32 Å². The van der Waals surface area contributed by atoms with Crippen molar-refractivity contribution >= 4 is 17.4 Å². The highest BCUT2D eigenvalue weighted by Crippen LogP contribution is 2.30. The molecule has 9 heteroatoms. The van der Waals surface area contributed by atoms with Gasteiger partial charge in [0, 0.05) is 18.1 Å². The van der Waals surface area contributed by atoms with Crippen molar-refractivity contribution < 1.29 is 18.0 Å². The van der Waals surface area contributed by atoms with Crippen LogP contribution in [0.2, 0.25) is 0 Å². The summed E-state index contributed by atoms with van der Waals surface area (Å²) in [6.07, 6.45) is -1.44. The van der Waals surface area contributed by atoms with Gasteiger partial charge in [0.2, 0.25) is 5.82 Å². The summed E-state index contributed by atoms with van der Waals surface area (Å²) in [4.78, 5) is 19.8. The van der Waals surface area contributed by atoms with Crippen LogP contribution in [0.5, 0.6) is 0 Å². The minimum Gasteiger partial charge on any atom is -0.319 e. The van der Waals surface area contributed by atoms with Gasteiger partial charge >= 0.3 is 6.18 Å². The number of hydrogen-bond acceptors (Lipinski definition) is 4. The average Bonchev–Trinajstić information content (AvgIpc) is 2.90. The zero-order valence-corrected chi connectivity index (χ0v) is 10.9. The molecule has 0 atom stereocenters. The first kappa shape index (κ1) is 14.0. The third-order valence-corrected chi connectivity index (χ3v) is 2.77. The minimum absolute atomic E-state index is 0.00615. The van der Waals surface area contributed by atoms with Gasteiger partial charge in [0.25, 0.3) is 11.7 Å². The number of hydrogen-bond donors (Lipinski definition) is 1. The second-order valence-electron chi connectivity index (χ2n) is 4.33. The van der Waals surface area contributed by atoms with Gasteiger partial charge in [0.15, 0.2) is 0 Å². The van der Waals surface area contributed by atoms with Gasteiger partial charge in [-0.3, -0.25) is 4.79 Å². The molecule has 3 aromatic rings. The lowest BCUT2D eigenvalue weighted by molar-refractivity contribution is -0.137. The number of carbonyl (C=O) groups excluding carboxylic acids is 1. The zero-order valence-electron chi connectivity index (χ0n) is 10.9. The highest BCUT2D eigenvalue weighted by atomic mass is 19.4. The molecule has 22 heavy (non-hydrogen) atoms. The summed E-state index contributed by atoms with van der Waals surface area (Å²) in [5.74, 6) is -0.683. The molecular formula is C13H8F3N5O. The summed E-state index contributed by atoms with van der Waals surface area (Å²) in [5, 5.41) is 6.22. The van der Waals surface area contributed by atoms with Gasteiger partial charge in [0.05, 0.1) is 5.56 Å². The van der Waals surface area contributed by atoms with Gasteiger partial charge in [-0.2, -0.15) is 18.2 Å². The van der Waals surface area contributed by atoms with Gasteiger partial charge in [-0.25, -0.2) is 9.50 Å². The molecule has 6 nitrogen and oxygen atoms in total. The Hall–Kier alpha value is -2.97. The number of nitrogens with zero attached hydrogens (tertiary/aromatic N) is 4. The molecule has 0 saturated heterocycles. The summed E-state index contributed by atoms with van der Waals surface area (Å²) in [6.45, 7) is 0. The molecule has 2 heterocycles. The van der Waals surface area contributed by atoms with Crippen LogP contribution in [-0.2, 0) is 6.18 Å². The molecule has 0 aliphatic rings. The minimum atomic E-state index is -4.48. The standard InChI is InChI=1S/C13H8F3N5O/c14-13(15,16)8-3-1-4-9(7-8)18-11(22)10-19-12-17-5-2-6-21(12)20-10/h1-7H,(H,18,22). The van der Waals surface area contributed by atoms with E-state index in [9.17, 15) is 18.0 Å². The highest BCUT2D eigenvalue weighted by molar-refractivity contribution is 6.01. The molecule has 0 spiro atoms. The smallest absolute Gasteiger partial charge is 0.319 e. The van der Waals surface area contributed by atoms with Gasteiger partial charge in [-0.1, -0.05) is 6.07 Å². The molecule has 2 aromatic heterocycles. The fraction of sp³-hybridized carbons (Fsp3) is 0.0769. The van der Waals surface area contributed by atoms with Gasteiger partial charge in [-0.15, -0.1) is 5.10 Å². The van der Waals surface area contributed by atoms with E-state index >= 15 is 0 Å².